The topological polar surface area (TPSA) is 35.5 Å². The zero-order chi connectivity index (χ0) is 11.2. The van der Waals surface area contributed by atoms with Crippen molar-refractivity contribution in [1.29, 1.82) is 0 Å². The zero-order valence-corrected chi connectivity index (χ0v) is 10.3. The molecule has 1 aliphatic carbocycles. The smallest absolute Gasteiger partial charge is 0.0938 e. The molecule has 0 aromatic heterocycles. The summed E-state index contributed by atoms with van der Waals surface area (Å²) in [6.07, 6.45) is 6.08. The van der Waals surface area contributed by atoms with Crippen molar-refractivity contribution in [3.63, 3.8) is 0 Å². The molecule has 1 saturated carbocycles. The maximum atomic E-state index is 10.8. The van der Waals surface area contributed by atoms with Gasteiger partial charge in [-0.3, -0.25) is 4.90 Å². The quantitative estimate of drug-likeness (QED) is 0.734. The second-order valence-corrected chi connectivity index (χ2v) is 6.19. The van der Waals surface area contributed by atoms with Gasteiger partial charge in [0.05, 0.1) is 5.60 Å². The maximum absolute atomic E-state index is 10.8. The first-order valence-electron chi connectivity index (χ1n) is 6.87. The highest BCUT2D eigenvalue weighted by molar-refractivity contribution is 5.03. The molecule has 16 heavy (non-hydrogen) atoms. The molecule has 0 aromatic carbocycles. The van der Waals surface area contributed by atoms with Gasteiger partial charge in [-0.25, -0.2) is 0 Å². The standard InChI is InChI=1S/C13H24N2O/c1-10-4-6-14-12(8-10)13(16)5-7-15(9-13)11-2-3-11/h10-12,14,16H,2-9H2,1H3. The summed E-state index contributed by atoms with van der Waals surface area (Å²) in [5.74, 6) is 0.769. The minimum absolute atomic E-state index is 0.333. The molecular weight excluding hydrogens is 200 g/mol. The van der Waals surface area contributed by atoms with E-state index in [9.17, 15) is 5.11 Å². The Morgan fingerprint density at radius 1 is 1.31 bits per heavy atom. The number of piperidine rings is 1. The van der Waals surface area contributed by atoms with Gasteiger partial charge in [0.25, 0.3) is 0 Å². The third kappa shape index (κ3) is 2.01. The van der Waals surface area contributed by atoms with Crippen LogP contribution in [0, 0.1) is 5.92 Å². The lowest BCUT2D eigenvalue weighted by atomic mass is 9.83. The van der Waals surface area contributed by atoms with Crippen molar-refractivity contribution in [2.75, 3.05) is 19.6 Å². The third-order valence-corrected chi connectivity index (χ3v) is 4.69. The van der Waals surface area contributed by atoms with E-state index in [1.165, 1.54) is 19.3 Å². The molecule has 3 atom stereocenters. The molecule has 0 amide bonds. The second-order valence-electron chi connectivity index (χ2n) is 6.19. The number of likely N-dealkylation sites (tertiary alicyclic amines) is 1. The van der Waals surface area contributed by atoms with Crippen LogP contribution in [-0.4, -0.2) is 47.3 Å². The van der Waals surface area contributed by atoms with Crippen LogP contribution >= 0.6 is 0 Å². The Kier molecular flexibility index (Phi) is 2.73. The number of nitrogens with one attached hydrogen (secondary N) is 1. The lowest BCUT2D eigenvalue weighted by Crippen LogP contribution is -2.55. The van der Waals surface area contributed by atoms with Gasteiger partial charge in [-0.2, -0.15) is 0 Å². The highest BCUT2D eigenvalue weighted by Gasteiger charge is 2.47. The molecule has 0 spiro atoms. The fourth-order valence-electron chi connectivity index (χ4n) is 3.40. The monoisotopic (exact) mass is 224 g/mol. The Morgan fingerprint density at radius 2 is 2.12 bits per heavy atom. The van der Waals surface area contributed by atoms with Crippen LogP contribution in [0.25, 0.3) is 0 Å². The van der Waals surface area contributed by atoms with Crippen LogP contribution in [0.5, 0.6) is 0 Å². The summed E-state index contributed by atoms with van der Waals surface area (Å²) in [5.41, 5.74) is -0.447. The Morgan fingerprint density at radius 3 is 2.81 bits per heavy atom. The summed E-state index contributed by atoms with van der Waals surface area (Å²) in [6.45, 7) is 5.40. The first-order valence-corrected chi connectivity index (χ1v) is 6.87. The van der Waals surface area contributed by atoms with Crippen molar-refractivity contribution in [2.24, 2.45) is 5.92 Å². The van der Waals surface area contributed by atoms with Gasteiger partial charge in [0.1, 0.15) is 0 Å². The average Bonchev–Trinajstić information content (AvgIpc) is 3.03. The summed E-state index contributed by atoms with van der Waals surface area (Å²) in [5, 5.41) is 14.3. The summed E-state index contributed by atoms with van der Waals surface area (Å²) < 4.78 is 0. The fraction of sp³-hybridized carbons (Fsp3) is 1.00. The molecule has 3 rings (SSSR count). The maximum Gasteiger partial charge on any atom is 0.0938 e. The Balaban J connectivity index is 1.63. The zero-order valence-electron chi connectivity index (χ0n) is 10.3. The van der Waals surface area contributed by atoms with Gasteiger partial charge in [-0.05, 0) is 44.6 Å². The lowest BCUT2D eigenvalue weighted by molar-refractivity contribution is -0.00515. The van der Waals surface area contributed by atoms with E-state index in [-0.39, 0.29) is 0 Å². The summed E-state index contributed by atoms with van der Waals surface area (Å²) in [4.78, 5) is 2.50. The first-order chi connectivity index (χ1) is 7.67. The summed E-state index contributed by atoms with van der Waals surface area (Å²) in [7, 11) is 0. The van der Waals surface area contributed by atoms with Crippen molar-refractivity contribution >= 4 is 0 Å². The van der Waals surface area contributed by atoms with Gasteiger partial charge < -0.3 is 10.4 Å². The molecule has 0 bridgehead atoms. The van der Waals surface area contributed by atoms with E-state index in [4.69, 9.17) is 0 Å². The molecule has 3 unspecified atom stereocenters. The molecule has 92 valence electrons. The predicted octanol–water partition coefficient (Wildman–Crippen LogP) is 0.974. The summed E-state index contributed by atoms with van der Waals surface area (Å²) >= 11 is 0. The number of aliphatic hydroxyl groups is 1. The minimum atomic E-state index is -0.447. The van der Waals surface area contributed by atoms with E-state index in [1.807, 2.05) is 0 Å². The number of nitrogens with zero attached hydrogens (tertiary/aromatic N) is 1. The molecule has 2 saturated heterocycles. The third-order valence-electron chi connectivity index (χ3n) is 4.69. The van der Waals surface area contributed by atoms with Gasteiger partial charge in [-0.1, -0.05) is 6.92 Å². The molecule has 2 N–H and O–H groups in total. The van der Waals surface area contributed by atoms with E-state index in [1.54, 1.807) is 0 Å². The van der Waals surface area contributed by atoms with Gasteiger partial charge in [0.2, 0.25) is 0 Å². The van der Waals surface area contributed by atoms with Crippen molar-refractivity contribution in [3.8, 4) is 0 Å². The highest BCUT2D eigenvalue weighted by atomic mass is 16.3. The highest BCUT2D eigenvalue weighted by Crippen LogP contribution is 2.36. The van der Waals surface area contributed by atoms with Crippen molar-refractivity contribution < 1.29 is 5.11 Å². The molecule has 3 heteroatoms. The fourth-order valence-corrected chi connectivity index (χ4v) is 3.40. The molecule has 2 aliphatic heterocycles. The number of β-amino-alcohol motifs (C(OH)–C–C–N with tert-alkyl or cyclic N) is 1. The van der Waals surface area contributed by atoms with Gasteiger partial charge in [0.15, 0.2) is 0 Å². The second kappa shape index (κ2) is 3.97. The predicted molar refractivity (Wildman–Crippen MR) is 64.4 cm³/mol. The number of rotatable bonds is 2. The molecule has 0 radical (unpaired) electrons. The molecule has 3 fully saturated rings. The Bertz CT molecular complexity index is 267. The van der Waals surface area contributed by atoms with E-state index >= 15 is 0 Å². The van der Waals surface area contributed by atoms with Gasteiger partial charge in [-0.15, -0.1) is 0 Å². The van der Waals surface area contributed by atoms with Crippen molar-refractivity contribution in [1.82, 2.24) is 10.2 Å². The van der Waals surface area contributed by atoms with Crippen LogP contribution in [0.3, 0.4) is 0 Å². The van der Waals surface area contributed by atoms with Crippen LogP contribution in [0.15, 0.2) is 0 Å². The average molecular weight is 224 g/mol. The van der Waals surface area contributed by atoms with E-state index in [0.717, 1.165) is 44.4 Å². The van der Waals surface area contributed by atoms with Crippen LogP contribution < -0.4 is 5.32 Å². The Hall–Kier alpha value is -0.120. The normalized spacial score (nSPS) is 46.1. The minimum Gasteiger partial charge on any atom is -0.387 e. The van der Waals surface area contributed by atoms with Crippen LogP contribution in [0.2, 0.25) is 0 Å². The summed E-state index contributed by atoms with van der Waals surface area (Å²) in [6, 6.07) is 1.13. The van der Waals surface area contributed by atoms with E-state index < -0.39 is 5.60 Å². The molecule has 2 heterocycles. The molecule has 3 aliphatic rings. The van der Waals surface area contributed by atoms with Crippen molar-refractivity contribution in [2.45, 2.75) is 56.7 Å². The largest absolute Gasteiger partial charge is 0.387 e. The first kappa shape index (κ1) is 11.0. The number of hydrogen-bond acceptors (Lipinski definition) is 3. The molecule has 3 nitrogen and oxygen atoms in total. The number of hydrogen-bond donors (Lipinski definition) is 2. The van der Waals surface area contributed by atoms with Gasteiger partial charge >= 0.3 is 0 Å². The van der Waals surface area contributed by atoms with Crippen LogP contribution in [0.4, 0.5) is 0 Å². The van der Waals surface area contributed by atoms with Crippen LogP contribution in [-0.2, 0) is 0 Å². The van der Waals surface area contributed by atoms with Gasteiger partial charge in [0, 0.05) is 25.2 Å². The van der Waals surface area contributed by atoms with Crippen LogP contribution in [0.1, 0.15) is 39.0 Å². The molecule has 0 aromatic rings. The Labute approximate surface area is 98.2 Å². The molecular formula is C13H24N2O. The SMILES string of the molecule is CC1CCNC(C2(O)CCN(C3CC3)C2)C1. The van der Waals surface area contributed by atoms with Crippen molar-refractivity contribution in [3.05, 3.63) is 0 Å². The van der Waals surface area contributed by atoms with E-state index in [0.29, 0.717) is 6.04 Å². The lowest BCUT2D eigenvalue weighted by Gasteiger charge is -2.38. The van der Waals surface area contributed by atoms with E-state index in [2.05, 4.69) is 17.1 Å².